The lowest BCUT2D eigenvalue weighted by molar-refractivity contribution is -0.137. The van der Waals surface area contributed by atoms with E-state index in [-0.39, 0.29) is 5.91 Å². The lowest BCUT2D eigenvalue weighted by Gasteiger charge is -2.22. The van der Waals surface area contributed by atoms with Crippen molar-refractivity contribution in [3.05, 3.63) is 59.2 Å². The summed E-state index contributed by atoms with van der Waals surface area (Å²) in [6.07, 6.45) is -4.35. The van der Waals surface area contributed by atoms with Gasteiger partial charge in [-0.1, -0.05) is 18.2 Å². The minimum absolute atomic E-state index is 0.203. The summed E-state index contributed by atoms with van der Waals surface area (Å²) in [6, 6.07) is 10.5. The van der Waals surface area contributed by atoms with Crippen LogP contribution in [0.3, 0.4) is 0 Å². The maximum absolute atomic E-state index is 12.7. The molecule has 0 saturated heterocycles. The predicted octanol–water partition coefficient (Wildman–Crippen LogP) is 3.88. The van der Waals surface area contributed by atoms with Crippen LogP contribution in [-0.4, -0.2) is 38.0 Å². The number of nitrogens with zero attached hydrogens (tertiary/aromatic N) is 2. The normalized spacial score (nSPS) is 11.8. The molecule has 0 aliphatic carbocycles. The molecule has 0 fully saturated rings. The molecule has 0 spiro atoms. The molecule has 0 aliphatic heterocycles. The molecule has 0 bridgehead atoms. The molecule has 0 atom stereocenters. The van der Waals surface area contributed by atoms with Gasteiger partial charge in [0.2, 0.25) is 5.91 Å². The average Bonchev–Trinajstić information content (AvgIpc) is 2.68. The van der Waals surface area contributed by atoms with Gasteiger partial charge in [0.15, 0.2) is 5.96 Å². The van der Waals surface area contributed by atoms with E-state index in [1.807, 2.05) is 6.07 Å². The maximum atomic E-state index is 12.7. The van der Waals surface area contributed by atoms with Gasteiger partial charge in [0.1, 0.15) is 5.75 Å². The highest BCUT2D eigenvalue weighted by atomic mass is 19.4. The van der Waals surface area contributed by atoms with Gasteiger partial charge in [-0.05, 0) is 35.4 Å². The van der Waals surface area contributed by atoms with Crippen molar-refractivity contribution in [2.24, 2.45) is 4.99 Å². The molecular weight excluding hydrogens is 397 g/mol. The Labute approximate surface area is 173 Å². The van der Waals surface area contributed by atoms with Crippen LogP contribution in [0.4, 0.5) is 18.9 Å². The number of methoxy groups -OCH3 is 1. The quantitative estimate of drug-likeness (QED) is 0.548. The summed E-state index contributed by atoms with van der Waals surface area (Å²) in [5.41, 5.74) is 1.51. The Hall–Kier alpha value is -3.23. The third-order valence-electron chi connectivity index (χ3n) is 4.30. The third kappa shape index (κ3) is 6.40. The molecule has 2 aromatic rings. The van der Waals surface area contributed by atoms with Gasteiger partial charge in [0, 0.05) is 34.1 Å². The number of hydrogen-bond donors (Lipinski definition) is 2. The van der Waals surface area contributed by atoms with E-state index in [9.17, 15) is 18.0 Å². The molecule has 2 N–H and O–H groups in total. The monoisotopic (exact) mass is 422 g/mol. The molecule has 30 heavy (non-hydrogen) atoms. The van der Waals surface area contributed by atoms with Gasteiger partial charge < -0.3 is 20.3 Å². The molecule has 1 amide bonds. The minimum atomic E-state index is -4.35. The molecule has 0 heterocycles. The predicted molar refractivity (Wildman–Crippen MR) is 110 cm³/mol. The molecule has 162 valence electrons. The first-order valence-corrected chi connectivity index (χ1v) is 9.16. The van der Waals surface area contributed by atoms with Gasteiger partial charge in [0.05, 0.1) is 18.4 Å². The number of carbonyl (C=O) groups excluding carboxylic acids is 1. The number of anilines is 1. The number of amides is 1. The number of aliphatic imine (C=N–C) groups is 1. The van der Waals surface area contributed by atoms with Crippen molar-refractivity contribution in [2.75, 3.05) is 26.5 Å². The Morgan fingerprint density at radius 1 is 1.13 bits per heavy atom. The molecule has 6 nitrogen and oxygen atoms in total. The van der Waals surface area contributed by atoms with E-state index < -0.39 is 11.7 Å². The summed E-state index contributed by atoms with van der Waals surface area (Å²) in [5.74, 6) is 0.926. The average molecular weight is 422 g/mol. The van der Waals surface area contributed by atoms with Crippen LogP contribution in [0.5, 0.6) is 5.75 Å². The van der Waals surface area contributed by atoms with Crippen LogP contribution >= 0.6 is 0 Å². The zero-order valence-electron chi connectivity index (χ0n) is 17.3. The number of guanidine groups is 1. The van der Waals surface area contributed by atoms with Gasteiger partial charge in [-0.25, -0.2) is 0 Å². The van der Waals surface area contributed by atoms with Crippen molar-refractivity contribution < 1.29 is 22.7 Å². The van der Waals surface area contributed by atoms with Gasteiger partial charge in [-0.3, -0.25) is 9.79 Å². The highest BCUT2D eigenvalue weighted by Crippen LogP contribution is 2.29. The van der Waals surface area contributed by atoms with Gasteiger partial charge in [-0.2, -0.15) is 13.2 Å². The maximum Gasteiger partial charge on any atom is 0.416 e. The van der Waals surface area contributed by atoms with Crippen LogP contribution in [0.25, 0.3) is 0 Å². The SMILES string of the molecule is CN=C(NCc1ccc(OC)c(NC(C)=O)c1)N(C)Cc1ccc(C(F)(F)F)cc1. The minimum Gasteiger partial charge on any atom is -0.495 e. The zero-order chi connectivity index (χ0) is 22.3. The molecule has 0 aromatic heterocycles. The van der Waals surface area contributed by atoms with Crippen LogP contribution in [0.1, 0.15) is 23.6 Å². The Morgan fingerprint density at radius 2 is 1.77 bits per heavy atom. The first-order valence-electron chi connectivity index (χ1n) is 9.16. The lowest BCUT2D eigenvalue weighted by atomic mass is 10.1. The molecule has 0 unspecified atom stereocenters. The first-order chi connectivity index (χ1) is 14.1. The molecule has 0 aliphatic rings. The Bertz CT molecular complexity index is 896. The van der Waals surface area contributed by atoms with Gasteiger partial charge >= 0.3 is 6.18 Å². The topological polar surface area (TPSA) is 66.0 Å². The van der Waals surface area contributed by atoms with E-state index in [1.165, 1.54) is 26.2 Å². The number of hydrogen-bond acceptors (Lipinski definition) is 3. The number of ether oxygens (including phenoxy) is 1. The number of benzene rings is 2. The summed E-state index contributed by atoms with van der Waals surface area (Å²) >= 11 is 0. The van der Waals surface area contributed by atoms with Crippen molar-refractivity contribution in [1.82, 2.24) is 10.2 Å². The number of carbonyl (C=O) groups is 1. The van der Waals surface area contributed by atoms with Crippen LogP contribution in [0.2, 0.25) is 0 Å². The number of halogens is 3. The van der Waals surface area contributed by atoms with Crippen molar-refractivity contribution in [1.29, 1.82) is 0 Å². The number of rotatable bonds is 6. The van der Waals surface area contributed by atoms with E-state index in [2.05, 4.69) is 15.6 Å². The van der Waals surface area contributed by atoms with Crippen LogP contribution in [-0.2, 0) is 24.1 Å². The summed E-state index contributed by atoms with van der Waals surface area (Å²) < 4.78 is 43.4. The van der Waals surface area contributed by atoms with E-state index in [0.29, 0.717) is 30.5 Å². The fourth-order valence-electron chi connectivity index (χ4n) is 2.87. The fraction of sp³-hybridized carbons (Fsp3) is 0.333. The van der Waals surface area contributed by atoms with Crippen LogP contribution in [0.15, 0.2) is 47.5 Å². The Balaban J connectivity index is 2.02. The third-order valence-corrected chi connectivity index (χ3v) is 4.30. The second-order valence-corrected chi connectivity index (χ2v) is 6.67. The second kappa shape index (κ2) is 10.00. The van der Waals surface area contributed by atoms with Crippen molar-refractivity contribution in [3.8, 4) is 5.75 Å². The molecular formula is C21H25F3N4O2. The van der Waals surface area contributed by atoms with Crippen LogP contribution < -0.4 is 15.4 Å². The summed E-state index contributed by atoms with van der Waals surface area (Å²) in [6.45, 7) is 2.24. The summed E-state index contributed by atoms with van der Waals surface area (Å²) in [7, 11) is 4.95. The van der Waals surface area contributed by atoms with Gasteiger partial charge in [-0.15, -0.1) is 0 Å². The summed E-state index contributed by atoms with van der Waals surface area (Å²) in [5, 5.41) is 5.93. The van der Waals surface area contributed by atoms with E-state index in [0.717, 1.165) is 23.3 Å². The standard InChI is InChI=1S/C21H25F3N4O2/c1-14(29)27-18-11-16(7-10-19(18)30-4)12-26-20(25-2)28(3)13-15-5-8-17(9-6-15)21(22,23)24/h5-11H,12-13H2,1-4H3,(H,25,26)(H,27,29). The lowest BCUT2D eigenvalue weighted by Crippen LogP contribution is -2.38. The first kappa shape index (κ1) is 23.1. The van der Waals surface area contributed by atoms with E-state index in [1.54, 1.807) is 31.1 Å². The van der Waals surface area contributed by atoms with E-state index in [4.69, 9.17) is 4.74 Å². The molecule has 2 rings (SSSR count). The molecule has 0 saturated carbocycles. The van der Waals surface area contributed by atoms with Crippen LogP contribution in [0, 0.1) is 0 Å². The number of alkyl halides is 3. The highest BCUT2D eigenvalue weighted by Gasteiger charge is 2.29. The highest BCUT2D eigenvalue weighted by molar-refractivity contribution is 5.90. The Kier molecular flexibility index (Phi) is 7.68. The molecule has 2 aromatic carbocycles. The van der Waals surface area contributed by atoms with Crippen molar-refractivity contribution in [2.45, 2.75) is 26.2 Å². The van der Waals surface area contributed by atoms with Crippen molar-refractivity contribution in [3.63, 3.8) is 0 Å². The van der Waals surface area contributed by atoms with E-state index >= 15 is 0 Å². The zero-order valence-corrected chi connectivity index (χ0v) is 17.3. The summed E-state index contributed by atoms with van der Waals surface area (Å²) in [4.78, 5) is 17.4. The molecule has 0 radical (unpaired) electrons. The molecule has 9 heteroatoms. The van der Waals surface area contributed by atoms with Crippen molar-refractivity contribution >= 4 is 17.6 Å². The van der Waals surface area contributed by atoms with Gasteiger partial charge in [0.25, 0.3) is 0 Å². The fourth-order valence-corrected chi connectivity index (χ4v) is 2.87. The second-order valence-electron chi connectivity index (χ2n) is 6.67. The smallest absolute Gasteiger partial charge is 0.416 e. The number of nitrogens with one attached hydrogen (secondary N) is 2. The largest absolute Gasteiger partial charge is 0.495 e. The Morgan fingerprint density at radius 3 is 2.30 bits per heavy atom.